The lowest BCUT2D eigenvalue weighted by Crippen LogP contribution is -2.51. The first-order chi connectivity index (χ1) is 12.1. The molecule has 4 nitrogen and oxygen atoms in total. The molecule has 1 aromatic heterocycles. The Kier molecular flexibility index (Phi) is 4.55. The summed E-state index contributed by atoms with van der Waals surface area (Å²) in [5.74, 6) is 2.25. The van der Waals surface area contributed by atoms with Crippen LogP contribution in [0.25, 0.3) is 11.0 Å². The zero-order valence-electron chi connectivity index (χ0n) is 15.3. The van der Waals surface area contributed by atoms with E-state index < -0.39 is 0 Å². The number of piperidine rings is 1. The molecular weight excluding hydrogens is 312 g/mol. The van der Waals surface area contributed by atoms with Crippen LogP contribution in [-0.2, 0) is 11.3 Å². The summed E-state index contributed by atoms with van der Waals surface area (Å²) in [6.07, 6.45) is 4.33. The van der Waals surface area contributed by atoms with Crippen LogP contribution in [-0.4, -0.2) is 29.9 Å². The molecule has 1 saturated carbocycles. The number of carbonyl (C=O) groups is 1. The third-order valence-electron chi connectivity index (χ3n) is 5.76. The van der Waals surface area contributed by atoms with Crippen molar-refractivity contribution in [2.45, 2.75) is 52.1 Å². The summed E-state index contributed by atoms with van der Waals surface area (Å²) in [4.78, 5) is 14.4. The first-order valence-electron chi connectivity index (χ1n) is 9.65. The van der Waals surface area contributed by atoms with Crippen LogP contribution in [0.2, 0.25) is 0 Å². The van der Waals surface area contributed by atoms with Gasteiger partial charge in [-0.1, -0.05) is 25.0 Å². The smallest absolute Gasteiger partial charge is 0.225 e. The fourth-order valence-corrected chi connectivity index (χ4v) is 4.04. The predicted molar refractivity (Wildman–Crippen MR) is 99.3 cm³/mol. The maximum atomic E-state index is 12.3. The van der Waals surface area contributed by atoms with Gasteiger partial charge in [0.15, 0.2) is 0 Å². The molecule has 2 atom stereocenters. The summed E-state index contributed by atoms with van der Waals surface area (Å²) in [6, 6.07) is 8.90. The van der Waals surface area contributed by atoms with Gasteiger partial charge in [0.25, 0.3) is 0 Å². The van der Waals surface area contributed by atoms with Gasteiger partial charge in [-0.25, -0.2) is 0 Å². The van der Waals surface area contributed by atoms with Crippen LogP contribution in [0.1, 0.15) is 43.9 Å². The van der Waals surface area contributed by atoms with Gasteiger partial charge in [-0.15, -0.1) is 0 Å². The molecule has 25 heavy (non-hydrogen) atoms. The molecule has 2 heterocycles. The number of hydrogen-bond donors (Lipinski definition) is 1. The number of benzene rings is 1. The van der Waals surface area contributed by atoms with E-state index >= 15 is 0 Å². The minimum Gasteiger partial charge on any atom is -0.460 e. The largest absolute Gasteiger partial charge is 0.460 e. The lowest BCUT2D eigenvalue weighted by molar-refractivity contribution is -0.134. The molecule has 134 valence electrons. The van der Waals surface area contributed by atoms with E-state index in [1.54, 1.807) is 0 Å². The molecule has 1 aliphatic heterocycles. The molecular formula is C21H28N2O2. The average Bonchev–Trinajstić information content (AvgIpc) is 3.39. The molecule has 4 rings (SSSR count). The van der Waals surface area contributed by atoms with E-state index in [0.717, 1.165) is 56.7 Å². The minimum absolute atomic E-state index is 0.334. The van der Waals surface area contributed by atoms with E-state index in [0.29, 0.717) is 23.8 Å². The Morgan fingerprint density at radius 3 is 2.88 bits per heavy atom. The summed E-state index contributed by atoms with van der Waals surface area (Å²) in [6.45, 7) is 6.89. The van der Waals surface area contributed by atoms with E-state index in [1.165, 1.54) is 10.9 Å². The van der Waals surface area contributed by atoms with Gasteiger partial charge in [0, 0.05) is 30.4 Å². The molecule has 2 aliphatic rings. The summed E-state index contributed by atoms with van der Waals surface area (Å²) in [7, 11) is 0. The highest BCUT2D eigenvalue weighted by atomic mass is 16.3. The first-order valence-corrected chi connectivity index (χ1v) is 9.65. The molecule has 1 saturated heterocycles. The fourth-order valence-electron chi connectivity index (χ4n) is 4.04. The quantitative estimate of drug-likeness (QED) is 0.899. The third-order valence-corrected chi connectivity index (χ3v) is 5.76. The van der Waals surface area contributed by atoms with Crippen molar-refractivity contribution >= 4 is 16.9 Å². The van der Waals surface area contributed by atoms with E-state index in [1.807, 2.05) is 6.07 Å². The van der Waals surface area contributed by atoms with Crippen molar-refractivity contribution < 1.29 is 9.21 Å². The molecule has 0 radical (unpaired) electrons. The Bertz CT molecular complexity index is 762. The number of nitrogens with zero attached hydrogens (tertiary/aromatic N) is 1. The van der Waals surface area contributed by atoms with Gasteiger partial charge >= 0.3 is 0 Å². The summed E-state index contributed by atoms with van der Waals surface area (Å²) in [5.41, 5.74) is 2.21. The number of furan rings is 1. The number of hydrogen-bond acceptors (Lipinski definition) is 3. The number of likely N-dealkylation sites (tertiary alicyclic amines) is 1. The zero-order valence-corrected chi connectivity index (χ0v) is 15.3. The molecule has 1 aliphatic carbocycles. The van der Waals surface area contributed by atoms with Crippen LogP contribution >= 0.6 is 0 Å². The molecule has 4 heteroatoms. The second-order valence-corrected chi connectivity index (χ2v) is 7.76. The van der Waals surface area contributed by atoms with E-state index in [2.05, 4.69) is 42.3 Å². The van der Waals surface area contributed by atoms with Gasteiger partial charge in [-0.2, -0.15) is 0 Å². The Morgan fingerprint density at radius 1 is 1.28 bits per heavy atom. The maximum Gasteiger partial charge on any atom is 0.225 e. The molecule has 0 spiro atoms. The van der Waals surface area contributed by atoms with Crippen molar-refractivity contribution in [3.63, 3.8) is 0 Å². The molecule has 2 fully saturated rings. The number of aryl methyl sites for hydroxylation is 1. The van der Waals surface area contributed by atoms with Crippen LogP contribution in [0.15, 0.2) is 28.7 Å². The molecule has 0 unspecified atom stereocenters. The van der Waals surface area contributed by atoms with Crippen molar-refractivity contribution in [1.82, 2.24) is 10.2 Å². The molecule has 1 aromatic carbocycles. The first kappa shape index (κ1) is 16.6. The van der Waals surface area contributed by atoms with Gasteiger partial charge < -0.3 is 14.6 Å². The summed E-state index contributed by atoms with van der Waals surface area (Å²) < 4.78 is 5.96. The van der Waals surface area contributed by atoms with Crippen LogP contribution in [0.4, 0.5) is 0 Å². The van der Waals surface area contributed by atoms with Gasteiger partial charge in [-0.05, 0) is 50.3 Å². The number of nitrogens with one attached hydrogen (secondary N) is 1. The topological polar surface area (TPSA) is 45.5 Å². The minimum atomic E-state index is 0.334. The molecule has 1 amide bonds. The fraction of sp³-hybridized carbons (Fsp3) is 0.571. The Labute approximate surface area is 149 Å². The summed E-state index contributed by atoms with van der Waals surface area (Å²) in [5, 5.41) is 4.86. The lowest BCUT2D eigenvalue weighted by Gasteiger charge is -2.39. The van der Waals surface area contributed by atoms with Crippen LogP contribution < -0.4 is 5.32 Å². The van der Waals surface area contributed by atoms with Crippen LogP contribution in [0.5, 0.6) is 0 Å². The zero-order chi connectivity index (χ0) is 17.4. The number of fused-ring (bicyclic) bond motifs is 1. The number of amides is 1. The number of rotatable bonds is 5. The highest BCUT2D eigenvalue weighted by Crippen LogP contribution is 2.33. The second kappa shape index (κ2) is 6.83. The predicted octanol–water partition coefficient (Wildman–Crippen LogP) is 3.87. The van der Waals surface area contributed by atoms with Gasteiger partial charge in [0.2, 0.25) is 5.91 Å². The van der Waals surface area contributed by atoms with E-state index in [-0.39, 0.29) is 0 Å². The standard InChI is InChI=1S/C21H28N2O2/c1-3-15-13-23(21(24)16-5-6-16)9-8-19(15)22-12-18-11-17-10-14(2)4-7-20(17)25-18/h4,7,10-11,15-16,19,22H,3,5-6,8-9,12-13H2,1-2H3/t15-,19+/m1/s1. The average molecular weight is 340 g/mol. The van der Waals surface area contributed by atoms with Gasteiger partial charge in [0.05, 0.1) is 6.54 Å². The van der Waals surface area contributed by atoms with Gasteiger partial charge in [-0.3, -0.25) is 4.79 Å². The van der Waals surface area contributed by atoms with E-state index in [4.69, 9.17) is 4.42 Å². The molecule has 2 aromatic rings. The van der Waals surface area contributed by atoms with E-state index in [9.17, 15) is 4.79 Å². The van der Waals surface area contributed by atoms with Crippen LogP contribution in [0.3, 0.4) is 0 Å². The van der Waals surface area contributed by atoms with Crippen molar-refractivity contribution in [3.8, 4) is 0 Å². The molecule has 1 N–H and O–H groups in total. The monoisotopic (exact) mass is 340 g/mol. The highest BCUT2D eigenvalue weighted by Gasteiger charge is 2.37. The van der Waals surface area contributed by atoms with Crippen molar-refractivity contribution in [2.24, 2.45) is 11.8 Å². The normalized spacial score (nSPS) is 24.0. The Balaban J connectivity index is 1.37. The van der Waals surface area contributed by atoms with Crippen molar-refractivity contribution in [2.75, 3.05) is 13.1 Å². The Morgan fingerprint density at radius 2 is 2.12 bits per heavy atom. The Hall–Kier alpha value is -1.81. The summed E-state index contributed by atoms with van der Waals surface area (Å²) >= 11 is 0. The van der Waals surface area contributed by atoms with Crippen LogP contribution in [0, 0.1) is 18.8 Å². The van der Waals surface area contributed by atoms with Gasteiger partial charge in [0.1, 0.15) is 11.3 Å². The SMILES string of the molecule is CC[C@@H]1CN(C(=O)C2CC2)CC[C@@H]1NCc1cc2cc(C)ccc2o1. The lowest BCUT2D eigenvalue weighted by atomic mass is 9.89. The van der Waals surface area contributed by atoms with Crippen molar-refractivity contribution in [1.29, 1.82) is 0 Å². The second-order valence-electron chi connectivity index (χ2n) is 7.76. The highest BCUT2D eigenvalue weighted by molar-refractivity contribution is 5.81. The molecule has 0 bridgehead atoms. The maximum absolute atomic E-state index is 12.3. The number of carbonyl (C=O) groups excluding carboxylic acids is 1. The third kappa shape index (κ3) is 3.59. The van der Waals surface area contributed by atoms with Crippen molar-refractivity contribution in [3.05, 3.63) is 35.6 Å².